The number of methoxy groups -OCH3 is 1. The van der Waals surface area contributed by atoms with Gasteiger partial charge in [-0.15, -0.1) is 0 Å². The van der Waals surface area contributed by atoms with Crippen molar-refractivity contribution in [2.45, 2.75) is 25.8 Å². The largest absolute Gasteiger partial charge is 0.496 e. The quantitative estimate of drug-likeness (QED) is 0.209. The number of hydrogen-bond donors (Lipinski definition) is 4. The van der Waals surface area contributed by atoms with E-state index in [-0.39, 0.29) is 36.6 Å². The maximum absolute atomic E-state index is 13.8. The molecule has 3 aromatic rings. The topological polar surface area (TPSA) is 156 Å². The minimum absolute atomic E-state index is 0.0349. The van der Waals surface area contributed by atoms with E-state index >= 15 is 0 Å². The van der Waals surface area contributed by atoms with E-state index in [1.54, 1.807) is 36.4 Å². The molecule has 0 fully saturated rings. The van der Waals surface area contributed by atoms with Crippen molar-refractivity contribution in [1.82, 2.24) is 15.7 Å². The first-order valence-corrected chi connectivity index (χ1v) is 13.7. The Labute approximate surface area is 248 Å². The predicted octanol–water partition coefficient (Wildman–Crippen LogP) is 4.47. The van der Waals surface area contributed by atoms with Crippen LogP contribution in [0.25, 0.3) is 0 Å². The number of amidine groups is 1. The third-order valence-corrected chi connectivity index (χ3v) is 7.06. The Morgan fingerprint density at radius 2 is 1.93 bits per heavy atom. The number of aliphatic imine (C=N–C) groups is 1. The Morgan fingerprint density at radius 3 is 2.60 bits per heavy atom. The minimum Gasteiger partial charge on any atom is -0.496 e. The van der Waals surface area contributed by atoms with Crippen LogP contribution in [0.4, 0.5) is 10.5 Å². The molecule has 2 atom stereocenters. The third-order valence-electron chi connectivity index (χ3n) is 6.82. The van der Waals surface area contributed by atoms with E-state index in [2.05, 4.69) is 15.8 Å². The smallest absolute Gasteiger partial charge is 0.337 e. The Bertz CT molecular complexity index is 1480. The lowest BCUT2D eigenvalue weighted by atomic mass is 9.97. The second-order valence-corrected chi connectivity index (χ2v) is 10.1. The highest BCUT2D eigenvalue weighted by Gasteiger charge is 2.34. The van der Waals surface area contributed by atoms with Crippen LogP contribution in [0.15, 0.2) is 71.7 Å². The number of ether oxygens (including phenoxy) is 1. The maximum atomic E-state index is 13.8. The lowest BCUT2D eigenvalue weighted by Crippen LogP contribution is -2.50. The molecule has 220 valence electrons. The number of carboxylic acids is 1. The van der Waals surface area contributed by atoms with Crippen molar-refractivity contribution >= 4 is 41.0 Å². The average Bonchev–Trinajstić information content (AvgIpc) is 3.13. The summed E-state index contributed by atoms with van der Waals surface area (Å²) >= 11 is 6.22. The second-order valence-electron chi connectivity index (χ2n) is 9.65. The lowest BCUT2D eigenvalue weighted by molar-refractivity contribution is -0.131. The Hall–Kier alpha value is -4.77. The number of benzene rings is 3. The average molecular weight is 594 g/mol. The number of carboxylic acid groups (broad SMARTS) is 1. The van der Waals surface area contributed by atoms with Gasteiger partial charge < -0.3 is 25.7 Å². The van der Waals surface area contributed by atoms with Gasteiger partial charge in [-0.3, -0.25) is 14.7 Å². The summed E-state index contributed by atoms with van der Waals surface area (Å²) in [6.45, 7) is 1.77. The van der Waals surface area contributed by atoms with Crippen molar-refractivity contribution in [3.05, 3.63) is 88.4 Å². The number of anilines is 1. The first-order chi connectivity index (χ1) is 20.2. The van der Waals surface area contributed by atoms with Gasteiger partial charge in [0.25, 0.3) is 0 Å². The van der Waals surface area contributed by atoms with Gasteiger partial charge in [-0.05, 0) is 66.4 Å². The molecule has 0 saturated heterocycles. The third kappa shape index (κ3) is 7.29. The number of aromatic carboxylic acids is 1. The van der Waals surface area contributed by atoms with Crippen LogP contribution in [-0.4, -0.2) is 53.9 Å². The van der Waals surface area contributed by atoms with E-state index in [1.165, 1.54) is 19.2 Å². The summed E-state index contributed by atoms with van der Waals surface area (Å²) < 4.78 is 5.46. The molecule has 1 unspecified atom stereocenters. The predicted molar refractivity (Wildman–Crippen MR) is 159 cm³/mol. The van der Waals surface area contributed by atoms with Crippen molar-refractivity contribution in [3.8, 4) is 11.5 Å². The van der Waals surface area contributed by atoms with Crippen molar-refractivity contribution in [3.63, 3.8) is 0 Å². The van der Waals surface area contributed by atoms with Gasteiger partial charge in [0.05, 0.1) is 37.7 Å². The lowest BCUT2D eigenvalue weighted by Gasteiger charge is -2.27. The molecular weight excluding hydrogens is 562 g/mol. The van der Waals surface area contributed by atoms with Gasteiger partial charge in [0, 0.05) is 10.7 Å². The molecule has 0 radical (unpaired) electrons. The molecule has 0 spiro atoms. The molecule has 12 heteroatoms. The van der Waals surface area contributed by atoms with E-state index in [1.807, 2.05) is 25.1 Å². The fourth-order valence-corrected chi connectivity index (χ4v) is 4.80. The van der Waals surface area contributed by atoms with Crippen LogP contribution in [0, 0.1) is 5.92 Å². The SMILES string of the molecule is CC[C@@H](NC(=O)N1CC(NOc2ccccc2)=NCC(Cc2cc(Cl)ccc2OC)C1=O)c1ccc(C(=O)O)c(N)c1. The summed E-state index contributed by atoms with van der Waals surface area (Å²) in [5, 5.41) is 12.7. The number of urea groups is 1. The van der Waals surface area contributed by atoms with Gasteiger partial charge in [-0.1, -0.05) is 42.8 Å². The van der Waals surface area contributed by atoms with Crippen LogP contribution >= 0.6 is 11.6 Å². The molecule has 5 N–H and O–H groups in total. The number of nitrogens with zero attached hydrogens (tertiary/aromatic N) is 2. The molecule has 1 aliphatic heterocycles. The highest BCUT2D eigenvalue weighted by Crippen LogP contribution is 2.27. The molecule has 0 aromatic heterocycles. The molecule has 42 heavy (non-hydrogen) atoms. The van der Waals surface area contributed by atoms with E-state index in [4.69, 9.17) is 26.9 Å². The number of nitrogens with two attached hydrogens (primary N) is 1. The van der Waals surface area contributed by atoms with Crippen molar-refractivity contribution in [2.75, 3.05) is 25.9 Å². The van der Waals surface area contributed by atoms with Crippen LogP contribution in [0.3, 0.4) is 0 Å². The molecule has 3 aromatic carbocycles. The summed E-state index contributed by atoms with van der Waals surface area (Å²) in [6.07, 6.45) is 0.687. The number of nitrogens with one attached hydrogen (secondary N) is 2. The Kier molecular flexibility index (Phi) is 9.87. The molecule has 0 bridgehead atoms. The Balaban J connectivity index is 1.59. The zero-order valence-corrected chi connectivity index (χ0v) is 23.9. The molecule has 3 amide bonds. The van der Waals surface area contributed by atoms with Crippen molar-refractivity contribution < 1.29 is 29.1 Å². The highest BCUT2D eigenvalue weighted by atomic mass is 35.5. The molecule has 0 saturated carbocycles. The summed E-state index contributed by atoms with van der Waals surface area (Å²) in [5.41, 5.74) is 10.1. The van der Waals surface area contributed by atoms with E-state index < -0.39 is 29.9 Å². The van der Waals surface area contributed by atoms with E-state index in [0.717, 1.165) is 4.90 Å². The monoisotopic (exact) mass is 593 g/mol. The van der Waals surface area contributed by atoms with Crippen molar-refractivity contribution in [1.29, 1.82) is 0 Å². The number of hydroxylamine groups is 1. The van der Waals surface area contributed by atoms with Crippen LogP contribution in [0.2, 0.25) is 5.02 Å². The standard InChI is InChI=1S/C30H32ClN5O6/c1-3-25(18-9-11-23(29(38)39)24(32)15-18)34-30(40)36-17-27(35-42-22-7-5-4-6-8-22)33-16-20(28(36)37)13-19-14-21(31)10-12-26(19)41-2/h4-12,14-15,20,25H,3,13,16-17,32H2,1-2H3,(H,33,35)(H,34,40)(H,38,39)/t20?,25-/m1/s1. The van der Waals surface area contributed by atoms with Crippen LogP contribution in [0.5, 0.6) is 11.5 Å². The van der Waals surface area contributed by atoms with Gasteiger partial charge in [-0.25, -0.2) is 15.1 Å². The van der Waals surface area contributed by atoms with Crippen LogP contribution in [-0.2, 0) is 11.2 Å². The highest BCUT2D eigenvalue weighted by molar-refractivity contribution is 6.30. The number of imide groups is 1. The Morgan fingerprint density at radius 1 is 1.17 bits per heavy atom. The molecule has 4 rings (SSSR count). The fraction of sp³-hybridized carbons (Fsp3) is 0.267. The van der Waals surface area contributed by atoms with Crippen LogP contribution < -0.4 is 26.1 Å². The molecule has 1 heterocycles. The van der Waals surface area contributed by atoms with Crippen LogP contribution in [0.1, 0.15) is 40.9 Å². The first kappa shape index (κ1) is 30.2. The maximum Gasteiger partial charge on any atom is 0.337 e. The van der Waals surface area contributed by atoms with Gasteiger partial charge >= 0.3 is 12.0 Å². The zero-order chi connectivity index (χ0) is 30.2. The summed E-state index contributed by atoms with van der Waals surface area (Å²) in [7, 11) is 1.53. The molecule has 0 aliphatic carbocycles. The van der Waals surface area contributed by atoms with Gasteiger partial charge in [0.1, 0.15) is 5.75 Å². The number of carbonyl (C=O) groups is 3. The van der Waals surface area contributed by atoms with E-state index in [0.29, 0.717) is 34.1 Å². The summed E-state index contributed by atoms with van der Waals surface area (Å²) in [6, 6.07) is 17.4. The van der Waals surface area contributed by atoms with Gasteiger partial charge in [0.15, 0.2) is 11.6 Å². The summed E-state index contributed by atoms with van der Waals surface area (Å²) in [5.74, 6) is -0.914. The van der Waals surface area contributed by atoms with Gasteiger partial charge in [-0.2, -0.15) is 0 Å². The first-order valence-electron chi connectivity index (χ1n) is 13.3. The number of halogens is 1. The molecule has 1 aliphatic rings. The number of para-hydroxylation sites is 1. The number of rotatable bonds is 9. The van der Waals surface area contributed by atoms with Gasteiger partial charge in [0.2, 0.25) is 5.91 Å². The molecular formula is C30H32ClN5O6. The number of carbonyl (C=O) groups excluding carboxylic acids is 2. The van der Waals surface area contributed by atoms with E-state index in [9.17, 15) is 19.5 Å². The minimum atomic E-state index is -1.15. The van der Waals surface area contributed by atoms with Crippen molar-refractivity contribution in [2.24, 2.45) is 10.9 Å². The normalized spacial score (nSPS) is 15.7. The zero-order valence-electron chi connectivity index (χ0n) is 23.2. The molecule has 11 nitrogen and oxygen atoms in total. The fourth-order valence-electron chi connectivity index (χ4n) is 4.60. The summed E-state index contributed by atoms with van der Waals surface area (Å²) in [4.78, 5) is 50.2. The number of nitrogen functional groups attached to an aromatic ring is 1. The number of hydrogen-bond acceptors (Lipinski definition) is 8. The number of amides is 3. The second kappa shape index (κ2) is 13.7.